The van der Waals surface area contributed by atoms with Crippen LogP contribution in [0.2, 0.25) is 0 Å². The van der Waals surface area contributed by atoms with Crippen LogP contribution < -0.4 is 9.47 Å². The van der Waals surface area contributed by atoms with Crippen LogP contribution in [0, 0.1) is 0 Å². The first-order valence-corrected chi connectivity index (χ1v) is 5.18. The van der Waals surface area contributed by atoms with Crippen molar-refractivity contribution in [3.63, 3.8) is 0 Å². The molecule has 0 aromatic heterocycles. The van der Waals surface area contributed by atoms with Gasteiger partial charge in [0.05, 0.1) is 0 Å². The maximum Gasteiger partial charge on any atom is 0.349 e. The first-order valence-electron chi connectivity index (χ1n) is 5.18. The second-order valence-corrected chi connectivity index (χ2v) is 3.78. The molecule has 0 spiro atoms. The molecule has 1 aromatic rings. The Morgan fingerprint density at radius 1 is 1.40 bits per heavy atom. The third kappa shape index (κ3) is 1.96. The van der Waals surface area contributed by atoms with E-state index in [0.29, 0.717) is 17.4 Å². The summed E-state index contributed by atoms with van der Waals surface area (Å²) >= 11 is 0. The zero-order valence-corrected chi connectivity index (χ0v) is 8.95. The van der Waals surface area contributed by atoms with Crippen LogP contribution in [0.1, 0.15) is 31.7 Å². The number of benzene rings is 1. The minimum atomic E-state index is -0.330. The van der Waals surface area contributed by atoms with Crippen LogP contribution in [-0.4, -0.2) is 12.6 Å². The molecule has 3 heteroatoms. The molecule has 1 heterocycles. The highest BCUT2D eigenvalue weighted by molar-refractivity contribution is 5.76. The smallest absolute Gasteiger partial charge is 0.349 e. The first kappa shape index (κ1) is 10.0. The van der Waals surface area contributed by atoms with Gasteiger partial charge in [0.2, 0.25) is 0 Å². The van der Waals surface area contributed by atoms with E-state index in [2.05, 4.69) is 13.8 Å². The standard InChI is InChI=1S/C12H14O3/c1-3-8(2)9-4-5-10-11(6-9)15-12(13)7-14-10/h4-6,8H,3,7H2,1-2H3. The zero-order valence-electron chi connectivity index (χ0n) is 8.95. The van der Waals surface area contributed by atoms with E-state index < -0.39 is 0 Å². The lowest BCUT2D eigenvalue weighted by molar-refractivity contribution is -0.138. The van der Waals surface area contributed by atoms with Gasteiger partial charge in [-0.25, -0.2) is 4.79 Å². The van der Waals surface area contributed by atoms with Gasteiger partial charge in [0.1, 0.15) is 0 Å². The van der Waals surface area contributed by atoms with Gasteiger partial charge in [0.25, 0.3) is 0 Å². The quantitative estimate of drug-likeness (QED) is 0.551. The summed E-state index contributed by atoms with van der Waals surface area (Å²) in [5, 5.41) is 0. The Kier molecular flexibility index (Phi) is 2.62. The molecule has 80 valence electrons. The minimum Gasteiger partial charge on any atom is -0.478 e. The Bertz CT molecular complexity index is 384. The molecule has 0 bridgehead atoms. The average molecular weight is 206 g/mol. The third-order valence-electron chi connectivity index (χ3n) is 2.72. The minimum absolute atomic E-state index is 0.00960. The molecule has 0 N–H and O–H groups in total. The highest BCUT2D eigenvalue weighted by Gasteiger charge is 2.19. The molecule has 1 atom stereocenters. The van der Waals surface area contributed by atoms with Gasteiger partial charge in [-0.3, -0.25) is 0 Å². The molecule has 1 unspecified atom stereocenters. The van der Waals surface area contributed by atoms with Crippen molar-refractivity contribution in [2.75, 3.05) is 6.61 Å². The Hall–Kier alpha value is -1.51. The van der Waals surface area contributed by atoms with Crippen molar-refractivity contribution in [2.45, 2.75) is 26.2 Å². The SMILES string of the molecule is CCC(C)c1ccc2c(c1)OC(=O)CO2. The molecule has 1 aliphatic rings. The van der Waals surface area contributed by atoms with E-state index >= 15 is 0 Å². The molecule has 0 radical (unpaired) electrons. The van der Waals surface area contributed by atoms with Crippen molar-refractivity contribution in [2.24, 2.45) is 0 Å². The first-order chi connectivity index (χ1) is 7.20. The highest BCUT2D eigenvalue weighted by atomic mass is 16.6. The second kappa shape index (κ2) is 3.93. The van der Waals surface area contributed by atoms with E-state index in [0.717, 1.165) is 6.42 Å². The maximum absolute atomic E-state index is 11.0. The van der Waals surface area contributed by atoms with Crippen molar-refractivity contribution in [1.29, 1.82) is 0 Å². The Morgan fingerprint density at radius 2 is 2.20 bits per heavy atom. The predicted octanol–water partition coefficient (Wildman–Crippen LogP) is 2.50. The van der Waals surface area contributed by atoms with Crippen molar-refractivity contribution in [3.05, 3.63) is 23.8 Å². The summed E-state index contributed by atoms with van der Waals surface area (Å²) < 4.78 is 10.3. The zero-order chi connectivity index (χ0) is 10.8. The summed E-state index contributed by atoms with van der Waals surface area (Å²) in [5.74, 6) is 1.34. The van der Waals surface area contributed by atoms with Crippen LogP contribution in [0.5, 0.6) is 11.5 Å². The van der Waals surface area contributed by atoms with Crippen LogP contribution in [-0.2, 0) is 4.79 Å². The summed E-state index contributed by atoms with van der Waals surface area (Å²) in [7, 11) is 0. The van der Waals surface area contributed by atoms with Gasteiger partial charge in [-0.1, -0.05) is 19.9 Å². The molecule has 1 aliphatic heterocycles. The number of esters is 1. The van der Waals surface area contributed by atoms with Gasteiger partial charge < -0.3 is 9.47 Å². The molecule has 0 amide bonds. The van der Waals surface area contributed by atoms with Crippen LogP contribution in [0.4, 0.5) is 0 Å². The van der Waals surface area contributed by atoms with E-state index in [4.69, 9.17) is 9.47 Å². The van der Waals surface area contributed by atoms with Crippen molar-refractivity contribution in [3.8, 4) is 11.5 Å². The van der Waals surface area contributed by atoms with E-state index in [9.17, 15) is 4.79 Å². The largest absolute Gasteiger partial charge is 0.478 e. The van der Waals surface area contributed by atoms with Crippen LogP contribution in [0.25, 0.3) is 0 Å². The molecule has 0 saturated carbocycles. The van der Waals surface area contributed by atoms with Gasteiger partial charge in [-0.2, -0.15) is 0 Å². The van der Waals surface area contributed by atoms with E-state index in [1.807, 2.05) is 18.2 Å². The van der Waals surface area contributed by atoms with Gasteiger partial charge in [0, 0.05) is 0 Å². The predicted molar refractivity (Wildman–Crippen MR) is 56.3 cm³/mol. The normalized spacial score (nSPS) is 16.3. The molecule has 3 nitrogen and oxygen atoms in total. The summed E-state index contributed by atoms with van der Waals surface area (Å²) in [6, 6.07) is 5.77. The number of rotatable bonds is 2. The number of hydrogen-bond acceptors (Lipinski definition) is 3. The number of ether oxygens (including phenoxy) is 2. The lowest BCUT2D eigenvalue weighted by Gasteiger charge is -2.18. The topological polar surface area (TPSA) is 35.5 Å². The molecule has 2 rings (SSSR count). The summed E-state index contributed by atoms with van der Waals surface area (Å²) in [6.07, 6.45) is 1.06. The molecular formula is C12H14O3. The Labute approximate surface area is 89.0 Å². The number of hydrogen-bond donors (Lipinski definition) is 0. The monoisotopic (exact) mass is 206 g/mol. The van der Waals surface area contributed by atoms with Gasteiger partial charge in [-0.15, -0.1) is 0 Å². The number of fused-ring (bicyclic) bond motifs is 1. The van der Waals surface area contributed by atoms with Gasteiger partial charge >= 0.3 is 5.97 Å². The summed E-state index contributed by atoms with van der Waals surface area (Å²) in [6.45, 7) is 4.29. The van der Waals surface area contributed by atoms with E-state index in [-0.39, 0.29) is 12.6 Å². The van der Waals surface area contributed by atoms with Crippen molar-refractivity contribution in [1.82, 2.24) is 0 Å². The molecule has 0 aliphatic carbocycles. The summed E-state index contributed by atoms with van der Waals surface area (Å²) in [4.78, 5) is 11.0. The average Bonchev–Trinajstić information content (AvgIpc) is 2.27. The fourth-order valence-corrected chi connectivity index (χ4v) is 1.55. The lowest BCUT2D eigenvalue weighted by atomic mass is 9.98. The Morgan fingerprint density at radius 3 is 2.93 bits per heavy atom. The van der Waals surface area contributed by atoms with Crippen molar-refractivity contribution >= 4 is 5.97 Å². The lowest BCUT2D eigenvalue weighted by Crippen LogP contribution is -2.22. The van der Waals surface area contributed by atoms with E-state index in [1.54, 1.807) is 0 Å². The number of carbonyl (C=O) groups excluding carboxylic acids is 1. The molecule has 1 aromatic carbocycles. The van der Waals surface area contributed by atoms with Gasteiger partial charge in [0.15, 0.2) is 18.1 Å². The fourth-order valence-electron chi connectivity index (χ4n) is 1.55. The van der Waals surface area contributed by atoms with E-state index in [1.165, 1.54) is 5.56 Å². The molecule has 0 fully saturated rings. The molecule has 15 heavy (non-hydrogen) atoms. The molecule has 0 saturated heterocycles. The van der Waals surface area contributed by atoms with Crippen LogP contribution >= 0.6 is 0 Å². The van der Waals surface area contributed by atoms with Crippen molar-refractivity contribution < 1.29 is 14.3 Å². The van der Waals surface area contributed by atoms with Gasteiger partial charge in [-0.05, 0) is 30.0 Å². The third-order valence-corrected chi connectivity index (χ3v) is 2.72. The second-order valence-electron chi connectivity index (χ2n) is 3.78. The molecular weight excluding hydrogens is 192 g/mol. The van der Waals surface area contributed by atoms with Crippen LogP contribution in [0.15, 0.2) is 18.2 Å². The fraction of sp³-hybridized carbons (Fsp3) is 0.417. The summed E-state index contributed by atoms with van der Waals surface area (Å²) in [5.41, 5.74) is 1.18. The maximum atomic E-state index is 11.0. The van der Waals surface area contributed by atoms with Crippen LogP contribution in [0.3, 0.4) is 0 Å². The Balaban J connectivity index is 2.32. The number of carbonyl (C=O) groups is 1. The highest BCUT2D eigenvalue weighted by Crippen LogP contribution is 2.33.